The van der Waals surface area contributed by atoms with Crippen molar-refractivity contribution in [2.75, 3.05) is 0 Å². The highest BCUT2D eigenvalue weighted by Crippen LogP contribution is 2.17. The van der Waals surface area contributed by atoms with Crippen molar-refractivity contribution < 1.29 is 4.74 Å². The summed E-state index contributed by atoms with van der Waals surface area (Å²) in [4.78, 5) is 0. The molecule has 0 aromatic heterocycles. The smallest absolute Gasteiger partial charge is 0.120 e. The predicted octanol–water partition coefficient (Wildman–Crippen LogP) is 2.66. The van der Waals surface area contributed by atoms with E-state index in [0.717, 1.165) is 11.3 Å². The van der Waals surface area contributed by atoms with E-state index in [9.17, 15) is 0 Å². The second-order valence-corrected chi connectivity index (χ2v) is 3.42. The summed E-state index contributed by atoms with van der Waals surface area (Å²) < 4.78 is 5.54. The van der Waals surface area contributed by atoms with E-state index < -0.39 is 0 Å². The molecule has 2 atom stereocenters. The Morgan fingerprint density at radius 2 is 1.86 bits per heavy atom. The van der Waals surface area contributed by atoms with Gasteiger partial charge in [-0.3, -0.25) is 0 Å². The zero-order valence-electron chi connectivity index (χ0n) is 8.73. The van der Waals surface area contributed by atoms with Crippen molar-refractivity contribution in [2.45, 2.75) is 26.0 Å². The molecule has 0 saturated carbocycles. The molecule has 0 aliphatic carbocycles. The van der Waals surface area contributed by atoms with Gasteiger partial charge in [-0.25, -0.2) is 0 Å². The summed E-state index contributed by atoms with van der Waals surface area (Å²) in [6.07, 6.45) is 1.80. The number of hydrogen-bond donors (Lipinski definition) is 1. The molecule has 2 N–H and O–H groups in total. The van der Waals surface area contributed by atoms with E-state index >= 15 is 0 Å². The van der Waals surface area contributed by atoms with Crippen LogP contribution < -0.4 is 10.5 Å². The van der Waals surface area contributed by atoms with Gasteiger partial charge in [0, 0.05) is 6.04 Å². The van der Waals surface area contributed by atoms with Crippen molar-refractivity contribution in [1.82, 2.24) is 0 Å². The molecule has 1 aromatic rings. The molecular formula is C12H17NO. The number of hydrogen-bond acceptors (Lipinski definition) is 2. The third-order valence-corrected chi connectivity index (χ3v) is 2.06. The number of benzene rings is 1. The van der Waals surface area contributed by atoms with Crippen LogP contribution in [-0.2, 0) is 0 Å². The Hall–Kier alpha value is -1.28. The molecule has 0 bridgehead atoms. The first-order chi connectivity index (χ1) is 6.63. The van der Waals surface area contributed by atoms with Crippen LogP contribution in [0.5, 0.6) is 5.75 Å². The van der Waals surface area contributed by atoms with Gasteiger partial charge in [0.15, 0.2) is 0 Å². The van der Waals surface area contributed by atoms with Crippen LogP contribution in [0, 0.1) is 0 Å². The van der Waals surface area contributed by atoms with Crippen molar-refractivity contribution in [2.24, 2.45) is 5.73 Å². The maximum absolute atomic E-state index is 5.73. The standard InChI is InChI=1S/C12H17NO/c1-4-9(2)14-12-7-5-11(6-8-12)10(3)13/h4-10H,1,13H2,2-3H3/t9?,10-/m0/s1. The quantitative estimate of drug-likeness (QED) is 0.742. The Bertz CT molecular complexity index is 290. The van der Waals surface area contributed by atoms with Gasteiger partial charge < -0.3 is 10.5 Å². The maximum atomic E-state index is 5.73. The molecule has 2 heteroatoms. The minimum atomic E-state index is 0.0381. The fourth-order valence-electron chi connectivity index (χ4n) is 1.11. The third kappa shape index (κ3) is 2.89. The Balaban J connectivity index is 2.68. The normalized spacial score (nSPS) is 14.5. The summed E-state index contributed by atoms with van der Waals surface area (Å²) in [5.41, 5.74) is 6.85. The summed E-state index contributed by atoms with van der Waals surface area (Å²) in [6, 6.07) is 7.89. The highest BCUT2D eigenvalue weighted by atomic mass is 16.5. The summed E-state index contributed by atoms with van der Waals surface area (Å²) in [5.74, 6) is 0.849. The lowest BCUT2D eigenvalue weighted by atomic mass is 10.1. The van der Waals surface area contributed by atoms with E-state index in [1.54, 1.807) is 6.08 Å². The van der Waals surface area contributed by atoms with E-state index in [0.29, 0.717) is 0 Å². The molecule has 14 heavy (non-hydrogen) atoms. The molecule has 0 aliphatic rings. The van der Waals surface area contributed by atoms with Crippen molar-refractivity contribution in [1.29, 1.82) is 0 Å². The van der Waals surface area contributed by atoms with Crippen LogP contribution >= 0.6 is 0 Å². The minimum absolute atomic E-state index is 0.0381. The van der Waals surface area contributed by atoms with Crippen LogP contribution in [0.3, 0.4) is 0 Å². The van der Waals surface area contributed by atoms with Crippen molar-refractivity contribution in [3.05, 3.63) is 42.5 Å². The van der Waals surface area contributed by atoms with Crippen molar-refractivity contribution in [3.8, 4) is 5.75 Å². The van der Waals surface area contributed by atoms with E-state index in [1.807, 2.05) is 38.1 Å². The molecule has 0 aliphatic heterocycles. The molecule has 76 valence electrons. The SMILES string of the molecule is C=CC(C)Oc1ccc([C@H](C)N)cc1. The van der Waals surface area contributed by atoms with Gasteiger partial charge in [0.2, 0.25) is 0 Å². The number of ether oxygens (including phenoxy) is 1. The Morgan fingerprint density at radius 3 is 2.29 bits per heavy atom. The van der Waals surface area contributed by atoms with E-state index in [2.05, 4.69) is 6.58 Å². The monoisotopic (exact) mass is 191 g/mol. The van der Waals surface area contributed by atoms with Crippen LogP contribution in [0.25, 0.3) is 0 Å². The second-order valence-electron chi connectivity index (χ2n) is 3.42. The predicted molar refractivity (Wildman–Crippen MR) is 59.3 cm³/mol. The van der Waals surface area contributed by atoms with Gasteiger partial charge in [0.1, 0.15) is 11.9 Å². The average Bonchev–Trinajstić information content (AvgIpc) is 2.18. The van der Waals surface area contributed by atoms with Gasteiger partial charge in [0.25, 0.3) is 0 Å². The molecule has 0 heterocycles. The molecule has 0 fully saturated rings. The Labute approximate surface area is 85.4 Å². The summed E-state index contributed by atoms with van der Waals surface area (Å²) in [6.45, 7) is 7.57. The van der Waals surface area contributed by atoms with Gasteiger partial charge in [-0.2, -0.15) is 0 Å². The average molecular weight is 191 g/mol. The fourth-order valence-corrected chi connectivity index (χ4v) is 1.11. The van der Waals surface area contributed by atoms with Gasteiger partial charge in [-0.1, -0.05) is 24.8 Å². The highest BCUT2D eigenvalue weighted by molar-refractivity contribution is 5.29. The molecule has 2 nitrogen and oxygen atoms in total. The van der Waals surface area contributed by atoms with Gasteiger partial charge in [-0.15, -0.1) is 0 Å². The first-order valence-corrected chi connectivity index (χ1v) is 4.78. The lowest BCUT2D eigenvalue weighted by Crippen LogP contribution is -2.08. The van der Waals surface area contributed by atoms with Crippen LogP contribution in [-0.4, -0.2) is 6.10 Å². The maximum Gasteiger partial charge on any atom is 0.120 e. The molecule has 0 amide bonds. The summed E-state index contributed by atoms with van der Waals surface area (Å²) >= 11 is 0. The molecule has 1 aromatic carbocycles. The zero-order valence-corrected chi connectivity index (χ0v) is 8.73. The lowest BCUT2D eigenvalue weighted by Gasteiger charge is -2.11. The highest BCUT2D eigenvalue weighted by Gasteiger charge is 2.01. The molecule has 1 unspecified atom stereocenters. The first-order valence-electron chi connectivity index (χ1n) is 4.78. The van der Waals surface area contributed by atoms with Crippen molar-refractivity contribution in [3.63, 3.8) is 0 Å². The minimum Gasteiger partial charge on any atom is -0.487 e. The van der Waals surface area contributed by atoms with Crippen molar-refractivity contribution >= 4 is 0 Å². The molecule has 0 radical (unpaired) electrons. The van der Waals surface area contributed by atoms with E-state index in [-0.39, 0.29) is 12.1 Å². The van der Waals surface area contributed by atoms with E-state index in [4.69, 9.17) is 10.5 Å². The molecule has 0 spiro atoms. The molecular weight excluding hydrogens is 174 g/mol. The lowest BCUT2D eigenvalue weighted by molar-refractivity contribution is 0.270. The largest absolute Gasteiger partial charge is 0.487 e. The van der Waals surface area contributed by atoms with Gasteiger partial charge >= 0.3 is 0 Å². The number of nitrogens with two attached hydrogens (primary N) is 1. The zero-order chi connectivity index (χ0) is 10.6. The second kappa shape index (κ2) is 4.82. The van der Waals surface area contributed by atoms with Crippen LogP contribution in [0.15, 0.2) is 36.9 Å². The molecule has 1 rings (SSSR count). The third-order valence-electron chi connectivity index (χ3n) is 2.06. The van der Waals surface area contributed by atoms with E-state index in [1.165, 1.54) is 0 Å². The fraction of sp³-hybridized carbons (Fsp3) is 0.333. The van der Waals surface area contributed by atoms with Crippen LogP contribution in [0.1, 0.15) is 25.5 Å². The summed E-state index contributed by atoms with van der Waals surface area (Å²) in [5, 5.41) is 0. The number of rotatable bonds is 4. The van der Waals surface area contributed by atoms with Crippen LogP contribution in [0.2, 0.25) is 0 Å². The Morgan fingerprint density at radius 1 is 1.29 bits per heavy atom. The first kappa shape index (κ1) is 10.8. The Kier molecular flexibility index (Phi) is 3.72. The van der Waals surface area contributed by atoms with Gasteiger partial charge in [0.05, 0.1) is 0 Å². The topological polar surface area (TPSA) is 35.2 Å². The summed E-state index contributed by atoms with van der Waals surface area (Å²) in [7, 11) is 0. The van der Waals surface area contributed by atoms with Gasteiger partial charge in [-0.05, 0) is 31.5 Å². The van der Waals surface area contributed by atoms with Crippen LogP contribution in [0.4, 0.5) is 0 Å². The molecule has 0 saturated heterocycles.